The Morgan fingerprint density at radius 2 is 1.70 bits per heavy atom. The van der Waals surface area contributed by atoms with E-state index in [0.717, 1.165) is 12.8 Å². The number of alkyl halides is 1. The highest BCUT2D eigenvalue weighted by molar-refractivity contribution is 5.00. The highest BCUT2D eigenvalue weighted by Crippen LogP contribution is 2.40. The van der Waals surface area contributed by atoms with E-state index < -0.39 is 11.2 Å². The first-order valence-corrected chi connectivity index (χ1v) is 3.93. The van der Waals surface area contributed by atoms with Gasteiger partial charge in [0.1, 0.15) is 5.67 Å². The van der Waals surface area contributed by atoms with Crippen molar-refractivity contribution in [3.8, 4) is 0 Å². The minimum Gasteiger partial charge on any atom is -0.323 e. The minimum absolute atomic E-state index is 0.649. The van der Waals surface area contributed by atoms with Crippen LogP contribution in [0.4, 0.5) is 4.39 Å². The normalized spacial score (nSPS) is 25.2. The van der Waals surface area contributed by atoms with Gasteiger partial charge in [0.2, 0.25) is 0 Å². The van der Waals surface area contributed by atoms with Crippen molar-refractivity contribution in [2.45, 2.75) is 50.7 Å². The zero-order chi connectivity index (χ0) is 7.83. The third-order valence-corrected chi connectivity index (χ3v) is 2.55. The first kappa shape index (κ1) is 7.99. The van der Waals surface area contributed by atoms with Gasteiger partial charge in [-0.25, -0.2) is 4.39 Å². The predicted molar refractivity (Wildman–Crippen MR) is 40.6 cm³/mol. The molecule has 0 saturated heterocycles. The molecule has 0 aromatic carbocycles. The topological polar surface area (TPSA) is 26.0 Å². The van der Waals surface area contributed by atoms with Gasteiger partial charge in [-0.2, -0.15) is 0 Å². The summed E-state index contributed by atoms with van der Waals surface area (Å²) in [7, 11) is 0. The molecule has 0 radical (unpaired) electrons. The summed E-state index contributed by atoms with van der Waals surface area (Å²) in [5.41, 5.74) is 3.96. The molecule has 0 heterocycles. The Balaban J connectivity index is 2.67. The largest absolute Gasteiger partial charge is 0.323 e. The van der Waals surface area contributed by atoms with Gasteiger partial charge in [0, 0.05) is 5.54 Å². The first-order chi connectivity index (χ1) is 4.46. The lowest BCUT2D eigenvalue weighted by atomic mass is 9.84. The van der Waals surface area contributed by atoms with Gasteiger partial charge < -0.3 is 5.73 Å². The Hall–Kier alpha value is -0.110. The molecule has 0 spiro atoms. The van der Waals surface area contributed by atoms with Crippen LogP contribution < -0.4 is 5.73 Å². The summed E-state index contributed by atoms with van der Waals surface area (Å²) in [5, 5.41) is 0. The second-order valence-electron chi connectivity index (χ2n) is 3.89. The molecule has 0 amide bonds. The van der Waals surface area contributed by atoms with Crippen molar-refractivity contribution in [2.75, 3.05) is 0 Å². The summed E-state index contributed by atoms with van der Waals surface area (Å²) in [6.07, 6.45) is 3.29. The predicted octanol–water partition coefficient (Wildman–Crippen LogP) is 2.01. The standard InChI is InChI=1S/C8H16FN/c1-7(2,10)8(9)5-3-4-6-8/h3-6,10H2,1-2H3. The molecule has 0 atom stereocenters. The molecule has 1 fully saturated rings. The van der Waals surface area contributed by atoms with E-state index >= 15 is 0 Å². The van der Waals surface area contributed by atoms with Crippen LogP contribution in [0.1, 0.15) is 39.5 Å². The average molecular weight is 145 g/mol. The van der Waals surface area contributed by atoms with Crippen LogP contribution in [-0.2, 0) is 0 Å². The third kappa shape index (κ3) is 1.17. The molecule has 10 heavy (non-hydrogen) atoms. The van der Waals surface area contributed by atoms with Gasteiger partial charge in [0.25, 0.3) is 0 Å². The molecule has 60 valence electrons. The number of rotatable bonds is 1. The van der Waals surface area contributed by atoms with E-state index in [1.807, 2.05) is 0 Å². The smallest absolute Gasteiger partial charge is 0.128 e. The second kappa shape index (κ2) is 2.19. The number of halogens is 1. The lowest BCUT2D eigenvalue weighted by Crippen LogP contribution is -2.51. The molecule has 2 N–H and O–H groups in total. The summed E-state index contributed by atoms with van der Waals surface area (Å²) in [6, 6.07) is 0. The van der Waals surface area contributed by atoms with Gasteiger partial charge in [-0.3, -0.25) is 0 Å². The van der Waals surface area contributed by atoms with Crippen LogP contribution in [0.15, 0.2) is 0 Å². The van der Waals surface area contributed by atoms with Crippen LogP contribution in [0, 0.1) is 0 Å². The van der Waals surface area contributed by atoms with E-state index in [-0.39, 0.29) is 0 Å². The maximum atomic E-state index is 13.7. The molecule has 0 aliphatic heterocycles. The molecule has 0 bridgehead atoms. The van der Waals surface area contributed by atoms with Gasteiger partial charge in [-0.15, -0.1) is 0 Å². The maximum Gasteiger partial charge on any atom is 0.128 e. The van der Waals surface area contributed by atoms with Gasteiger partial charge in [-0.05, 0) is 26.7 Å². The monoisotopic (exact) mass is 145 g/mol. The van der Waals surface area contributed by atoms with Crippen molar-refractivity contribution in [3.63, 3.8) is 0 Å². The Bertz CT molecular complexity index is 120. The van der Waals surface area contributed by atoms with E-state index in [1.165, 1.54) is 0 Å². The van der Waals surface area contributed by atoms with Crippen molar-refractivity contribution >= 4 is 0 Å². The van der Waals surface area contributed by atoms with E-state index in [1.54, 1.807) is 13.8 Å². The lowest BCUT2D eigenvalue weighted by molar-refractivity contribution is 0.0837. The van der Waals surface area contributed by atoms with Crippen LogP contribution in [0.2, 0.25) is 0 Å². The van der Waals surface area contributed by atoms with E-state index in [0.29, 0.717) is 12.8 Å². The molecule has 1 nitrogen and oxygen atoms in total. The molecular weight excluding hydrogens is 129 g/mol. The molecule has 1 saturated carbocycles. The zero-order valence-corrected chi connectivity index (χ0v) is 6.78. The molecule has 2 heteroatoms. The Labute approximate surface area is 61.8 Å². The maximum absolute atomic E-state index is 13.7. The number of nitrogens with two attached hydrogens (primary N) is 1. The summed E-state index contributed by atoms with van der Waals surface area (Å²) < 4.78 is 13.7. The van der Waals surface area contributed by atoms with Gasteiger partial charge in [-0.1, -0.05) is 12.8 Å². The van der Waals surface area contributed by atoms with Crippen molar-refractivity contribution < 1.29 is 4.39 Å². The SMILES string of the molecule is CC(C)(N)C1(F)CCCC1. The van der Waals surface area contributed by atoms with Crippen molar-refractivity contribution in [1.82, 2.24) is 0 Å². The van der Waals surface area contributed by atoms with Gasteiger partial charge in [0.05, 0.1) is 0 Å². The molecule has 0 aromatic heterocycles. The minimum atomic E-state index is -1.09. The summed E-state index contributed by atoms with van der Waals surface area (Å²) in [6.45, 7) is 3.55. The van der Waals surface area contributed by atoms with Gasteiger partial charge >= 0.3 is 0 Å². The Morgan fingerprint density at radius 1 is 1.30 bits per heavy atom. The zero-order valence-electron chi connectivity index (χ0n) is 6.78. The molecular formula is C8H16FN. The average Bonchev–Trinajstić information content (AvgIpc) is 2.13. The van der Waals surface area contributed by atoms with Gasteiger partial charge in [0.15, 0.2) is 0 Å². The fourth-order valence-corrected chi connectivity index (χ4v) is 1.58. The van der Waals surface area contributed by atoms with E-state index in [2.05, 4.69) is 0 Å². The molecule has 0 unspecified atom stereocenters. The summed E-state index contributed by atoms with van der Waals surface area (Å²) in [5.74, 6) is 0. The highest BCUT2D eigenvalue weighted by Gasteiger charge is 2.44. The van der Waals surface area contributed by atoms with Crippen LogP contribution in [0.5, 0.6) is 0 Å². The third-order valence-electron chi connectivity index (χ3n) is 2.55. The second-order valence-corrected chi connectivity index (χ2v) is 3.89. The lowest BCUT2D eigenvalue weighted by Gasteiger charge is -2.33. The Kier molecular flexibility index (Phi) is 1.75. The van der Waals surface area contributed by atoms with Crippen LogP contribution in [-0.4, -0.2) is 11.2 Å². The molecule has 1 aliphatic rings. The van der Waals surface area contributed by atoms with E-state index in [9.17, 15) is 4.39 Å². The first-order valence-electron chi connectivity index (χ1n) is 3.93. The number of hydrogen-bond donors (Lipinski definition) is 1. The van der Waals surface area contributed by atoms with Crippen LogP contribution in [0.3, 0.4) is 0 Å². The van der Waals surface area contributed by atoms with Crippen molar-refractivity contribution in [2.24, 2.45) is 5.73 Å². The van der Waals surface area contributed by atoms with E-state index in [4.69, 9.17) is 5.73 Å². The van der Waals surface area contributed by atoms with Crippen molar-refractivity contribution in [1.29, 1.82) is 0 Å². The molecule has 1 aliphatic carbocycles. The fourth-order valence-electron chi connectivity index (χ4n) is 1.58. The summed E-state index contributed by atoms with van der Waals surface area (Å²) >= 11 is 0. The summed E-state index contributed by atoms with van der Waals surface area (Å²) in [4.78, 5) is 0. The number of hydrogen-bond acceptors (Lipinski definition) is 1. The van der Waals surface area contributed by atoms with Crippen LogP contribution >= 0.6 is 0 Å². The molecule has 0 aromatic rings. The highest BCUT2D eigenvalue weighted by atomic mass is 19.1. The quantitative estimate of drug-likeness (QED) is 0.600. The van der Waals surface area contributed by atoms with Crippen molar-refractivity contribution in [3.05, 3.63) is 0 Å². The Morgan fingerprint density at radius 3 is 1.90 bits per heavy atom. The fraction of sp³-hybridized carbons (Fsp3) is 1.00. The van der Waals surface area contributed by atoms with Crippen LogP contribution in [0.25, 0.3) is 0 Å². The molecule has 1 rings (SSSR count).